The summed E-state index contributed by atoms with van der Waals surface area (Å²) in [6.45, 7) is 0. The molecular weight excluding hydrogens is 232 g/mol. The molecule has 0 spiro atoms. The Morgan fingerprint density at radius 3 is 2.53 bits per heavy atom. The molecule has 0 aliphatic heterocycles. The predicted octanol–water partition coefficient (Wildman–Crippen LogP) is 3.68. The van der Waals surface area contributed by atoms with Gasteiger partial charge in [-0.3, -0.25) is 0 Å². The average molecular weight is 244 g/mol. The van der Waals surface area contributed by atoms with Crippen LogP contribution in [0.4, 0.5) is 0 Å². The summed E-state index contributed by atoms with van der Waals surface area (Å²) in [5, 5.41) is 8.89. The zero-order chi connectivity index (χ0) is 12.1. The molecule has 17 heavy (non-hydrogen) atoms. The van der Waals surface area contributed by atoms with Gasteiger partial charge in [0, 0.05) is 10.6 Å². The minimum absolute atomic E-state index is 0.336. The number of hydrogen-bond acceptors (Lipinski definition) is 2. The van der Waals surface area contributed by atoms with Gasteiger partial charge < -0.3 is 5.11 Å². The highest BCUT2D eigenvalue weighted by Crippen LogP contribution is 2.23. The van der Waals surface area contributed by atoms with E-state index in [1.165, 1.54) is 5.56 Å². The molecule has 0 aliphatic carbocycles. The average Bonchev–Trinajstić information content (AvgIpc) is 2.38. The number of benzene rings is 2. The lowest BCUT2D eigenvalue weighted by Gasteiger charge is -2.03. The van der Waals surface area contributed by atoms with E-state index in [4.69, 9.17) is 5.11 Å². The van der Waals surface area contributed by atoms with Crippen LogP contribution in [0.15, 0.2) is 59.5 Å². The van der Waals surface area contributed by atoms with Gasteiger partial charge in [0.1, 0.15) is 0 Å². The van der Waals surface area contributed by atoms with Gasteiger partial charge in [0.25, 0.3) is 0 Å². The first kappa shape index (κ1) is 11.7. The van der Waals surface area contributed by atoms with Crippen molar-refractivity contribution < 1.29 is 9.90 Å². The van der Waals surface area contributed by atoms with Crippen molar-refractivity contribution in [1.29, 1.82) is 0 Å². The summed E-state index contributed by atoms with van der Waals surface area (Å²) < 4.78 is 0. The van der Waals surface area contributed by atoms with Crippen LogP contribution in [0.3, 0.4) is 0 Å². The van der Waals surface area contributed by atoms with Gasteiger partial charge in [0.05, 0.1) is 5.56 Å². The zero-order valence-corrected chi connectivity index (χ0v) is 9.98. The van der Waals surface area contributed by atoms with Crippen LogP contribution in [0.25, 0.3) is 0 Å². The molecule has 0 aromatic heterocycles. The van der Waals surface area contributed by atoms with Crippen LogP contribution >= 0.6 is 11.8 Å². The maximum absolute atomic E-state index is 10.8. The van der Waals surface area contributed by atoms with Gasteiger partial charge >= 0.3 is 5.97 Å². The van der Waals surface area contributed by atoms with Gasteiger partial charge in [-0.05, 0) is 23.8 Å². The van der Waals surface area contributed by atoms with Crippen LogP contribution in [0.5, 0.6) is 0 Å². The van der Waals surface area contributed by atoms with E-state index in [-0.39, 0.29) is 0 Å². The first-order chi connectivity index (χ1) is 8.25. The van der Waals surface area contributed by atoms with Gasteiger partial charge in [0.2, 0.25) is 0 Å². The molecular formula is C14H12O2S. The third-order valence-corrected chi connectivity index (χ3v) is 3.39. The van der Waals surface area contributed by atoms with E-state index in [2.05, 4.69) is 12.1 Å². The van der Waals surface area contributed by atoms with Gasteiger partial charge in [0.15, 0.2) is 0 Å². The Bertz CT molecular complexity index is 509. The number of aromatic carboxylic acids is 1. The van der Waals surface area contributed by atoms with E-state index in [0.717, 1.165) is 10.6 Å². The van der Waals surface area contributed by atoms with E-state index >= 15 is 0 Å². The van der Waals surface area contributed by atoms with Gasteiger partial charge in [-0.1, -0.05) is 36.4 Å². The lowest BCUT2D eigenvalue weighted by Crippen LogP contribution is -1.95. The van der Waals surface area contributed by atoms with Crippen molar-refractivity contribution >= 4 is 17.7 Å². The van der Waals surface area contributed by atoms with Crippen LogP contribution in [-0.4, -0.2) is 11.1 Å². The summed E-state index contributed by atoms with van der Waals surface area (Å²) in [4.78, 5) is 11.8. The first-order valence-electron chi connectivity index (χ1n) is 5.26. The van der Waals surface area contributed by atoms with E-state index in [1.807, 2.05) is 24.3 Å². The van der Waals surface area contributed by atoms with E-state index in [0.29, 0.717) is 5.56 Å². The quantitative estimate of drug-likeness (QED) is 0.834. The minimum Gasteiger partial charge on any atom is -0.478 e. The summed E-state index contributed by atoms with van der Waals surface area (Å²) in [5.41, 5.74) is 1.57. The largest absolute Gasteiger partial charge is 0.478 e. The molecule has 0 radical (unpaired) electrons. The molecule has 2 rings (SSSR count). The molecule has 2 nitrogen and oxygen atoms in total. The topological polar surface area (TPSA) is 37.3 Å². The fraction of sp³-hybridized carbons (Fsp3) is 0.0714. The Balaban J connectivity index is 2.04. The third kappa shape index (κ3) is 3.36. The highest BCUT2D eigenvalue weighted by Gasteiger charge is 2.03. The van der Waals surface area contributed by atoms with Crippen molar-refractivity contribution in [2.24, 2.45) is 0 Å². The Hall–Kier alpha value is -1.74. The molecule has 3 heteroatoms. The molecule has 0 heterocycles. The normalized spacial score (nSPS) is 10.1. The van der Waals surface area contributed by atoms with Crippen LogP contribution < -0.4 is 0 Å². The lowest BCUT2D eigenvalue weighted by atomic mass is 10.2. The molecule has 0 amide bonds. The second-order valence-corrected chi connectivity index (χ2v) is 4.66. The smallest absolute Gasteiger partial charge is 0.335 e. The van der Waals surface area contributed by atoms with Crippen molar-refractivity contribution in [3.8, 4) is 0 Å². The van der Waals surface area contributed by atoms with Crippen molar-refractivity contribution in [3.05, 3.63) is 65.7 Å². The van der Waals surface area contributed by atoms with Crippen LogP contribution in [-0.2, 0) is 5.75 Å². The molecule has 0 bridgehead atoms. The molecule has 0 atom stereocenters. The molecule has 2 aromatic rings. The van der Waals surface area contributed by atoms with Crippen LogP contribution in [0, 0.1) is 0 Å². The maximum Gasteiger partial charge on any atom is 0.335 e. The van der Waals surface area contributed by atoms with Gasteiger partial charge in [-0.15, -0.1) is 11.8 Å². The molecule has 86 valence electrons. The van der Waals surface area contributed by atoms with Crippen molar-refractivity contribution in [1.82, 2.24) is 0 Å². The van der Waals surface area contributed by atoms with Crippen molar-refractivity contribution in [3.63, 3.8) is 0 Å². The number of thioether (sulfide) groups is 1. The second-order valence-electron chi connectivity index (χ2n) is 3.61. The fourth-order valence-electron chi connectivity index (χ4n) is 1.46. The van der Waals surface area contributed by atoms with Gasteiger partial charge in [-0.25, -0.2) is 4.79 Å². The first-order valence-corrected chi connectivity index (χ1v) is 6.24. The van der Waals surface area contributed by atoms with E-state index in [9.17, 15) is 4.79 Å². The summed E-state index contributed by atoms with van der Waals surface area (Å²) >= 11 is 1.64. The maximum atomic E-state index is 10.8. The molecule has 0 fully saturated rings. The number of carbonyl (C=O) groups is 1. The highest BCUT2D eigenvalue weighted by molar-refractivity contribution is 7.98. The van der Waals surface area contributed by atoms with Gasteiger partial charge in [-0.2, -0.15) is 0 Å². The van der Waals surface area contributed by atoms with Crippen molar-refractivity contribution in [2.45, 2.75) is 10.6 Å². The zero-order valence-electron chi connectivity index (χ0n) is 9.17. The van der Waals surface area contributed by atoms with Crippen LogP contribution in [0.2, 0.25) is 0 Å². The fourth-order valence-corrected chi connectivity index (χ4v) is 2.37. The predicted molar refractivity (Wildman–Crippen MR) is 69.4 cm³/mol. The molecule has 0 saturated carbocycles. The van der Waals surface area contributed by atoms with E-state index < -0.39 is 5.97 Å². The van der Waals surface area contributed by atoms with Crippen LogP contribution in [0.1, 0.15) is 15.9 Å². The summed E-state index contributed by atoms with van der Waals surface area (Å²) in [7, 11) is 0. The molecule has 0 aliphatic rings. The summed E-state index contributed by atoms with van der Waals surface area (Å²) in [5.74, 6) is -0.0312. The Labute approximate surface area is 104 Å². The Morgan fingerprint density at radius 1 is 1.06 bits per heavy atom. The molecule has 0 unspecified atom stereocenters. The SMILES string of the molecule is O=C(O)c1cccc(SCc2ccccc2)c1. The third-order valence-electron chi connectivity index (χ3n) is 2.33. The number of hydrogen-bond donors (Lipinski definition) is 1. The lowest BCUT2D eigenvalue weighted by molar-refractivity contribution is 0.0696. The monoisotopic (exact) mass is 244 g/mol. The second kappa shape index (κ2) is 5.55. The molecule has 2 aromatic carbocycles. The summed E-state index contributed by atoms with van der Waals surface area (Å²) in [6.07, 6.45) is 0. The molecule has 0 saturated heterocycles. The number of carboxylic acids is 1. The Kier molecular flexibility index (Phi) is 3.83. The number of carboxylic acid groups (broad SMARTS) is 1. The summed E-state index contributed by atoms with van der Waals surface area (Å²) in [6, 6.07) is 17.1. The molecule has 1 N–H and O–H groups in total. The van der Waals surface area contributed by atoms with Crippen molar-refractivity contribution in [2.75, 3.05) is 0 Å². The van der Waals surface area contributed by atoms with E-state index in [1.54, 1.807) is 30.0 Å². The number of rotatable bonds is 4. The minimum atomic E-state index is -0.882. The standard InChI is InChI=1S/C14H12O2S/c15-14(16)12-7-4-8-13(9-12)17-10-11-5-2-1-3-6-11/h1-9H,10H2,(H,15,16). The Morgan fingerprint density at radius 2 is 1.82 bits per heavy atom. The highest BCUT2D eigenvalue weighted by atomic mass is 32.2.